The van der Waals surface area contributed by atoms with Crippen LogP contribution in [0.5, 0.6) is 0 Å². The van der Waals surface area contributed by atoms with Crippen molar-refractivity contribution < 1.29 is 8.78 Å². The van der Waals surface area contributed by atoms with Gasteiger partial charge in [-0.3, -0.25) is 0 Å². The van der Waals surface area contributed by atoms with Crippen LogP contribution >= 0.6 is 11.6 Å². The van der Waals surface area contributed by atoms with E-state index in [2.05, 4.69) is 5.32 Å². The van der Waals surface area contributed by atoms with Crippen LogP contribution in [0, 0.1) is 18.6 Å². The van der Waals surface area contributed by atoms with Gasteiger partial charge >= 0.3 is 0 Å². The molecule has 0 aliphatic carbocycles. The molecule has 2 nitrogen and oxygen atoms in total. The van der Waals surface area contributed by atoms with Crippen LogP contribution in [0.1, 0.15) is 17.2 Å². The van der Waals surface area contributed by atoms with Gasteiger partial charge in [-0.15, -0.1) is 0 Å². The molecule has 1 unspecified atom stereocenters. The summed E-state index contributed by atoms with van der Waals surface area (Å²) in [6, 6.07) is 8.28. The average molecular weight is 297 g/mol. The summed E-state index contributed by atoms with van der Waals surface area (Å²) in [5, 5.41) is 3.50. The lowest BCUT2D eigenvalue weighted by Gasteiger charge is -2.21. The summed E-state index contributed by atoms with van der Waals surface area (Å²) < 4.78 is 26.4. The molecule has 0 fully saturated rings. The molecule has 0 bridgehead atoms. The highest BCUT2D eigenvalue weighted by Crippen LogP contribution is 2.28. The SMILES string of the molecule is Cc1cc(F)ccc1C(CN)Nc1cc(F)ccc1Cl. The third-order valence-electron chi connectivity index (χ3n) is 3.10. The minimum Gasteiger partial charge on any atom is -0.376 e. The maximum absolute atomic E-state index is 13.3. The first kappa shape index (κ1) is 14.8. The number of nitrogens with one attached hydrogen (secondary N) is 1. The molecule has 5 heteroatoms. The lowest BCUT2D eigenvalue weighted by molar-refractivity contribution is 0.623. The Bertz CT molecular complexity index is 617. The van der Waals surface area contributed by atoms with E-state index < -0.39 is 0 Å². The zero-order valence-electron chi connectivity index (χ0n) is 11.0. The number of nitrogens with two attached hydrogens (primary N) is 1. The first-order valence-electron chi connectivity index (χ1n) is 6.19. The van der Waals surface area contributed by atoms with Gasteiger partial charge in [-0.2, -0.15) is 0 Å². The molecular weight excluding hydrogens is 282 g/mol. The number of halogens is 3. The molecule has 106 valence electrons. The summed E-state index contributed by atoms with van der Waals surface area (Å²) in [4.78, 5) is 0. The third-order valence-corrected chi connectivity index (χ3v) is 3.43. The zero-order valence-corrected chi connectivity index (χ0v) is 11.7. The van der Waals surface area contributed by atoms with Crippen LogP contribution in [0.25, 0.3) is 0 Å². The lowest BCUT2D eigenvalue weighted by atomic mass is 10.0. The quantitative estimate of drug-likeness (QED) is 0.893. The molecule has 2 rings (SSSR count). The molecule has 2 aromatic rings. The molecular formula is C15H15ClF2N2. The van der Waals surface area contributed by atoms with Crippen molar-refractivity contribution >= 4 is 17.3 Å². The predicted molar refractivity (Wildman–Crippen MR) is 78.0 cm³/mol. The zero-order chi connectivity index (χ0) is 14.7. The van der Waals surface area contributed by atoms with Gasteiger partial charge in [0.25, 0.3) is 0 Å². The largest absolute Gasteiger partial charge is 0.376 e. The second-order valence-electron chi connectivity index (χ2n) is 4.56. The van der Waals surface area contributed by atoms with Crippen molar-refractivity contribution in [3.8, 4) is 0 Å². The number of benzene rings is 2. The fourth-order valence-electron chi connectivity index (χ4n) is 2.09. The van der Waals surface area contributed by atoms with Gasteiger partial charge in [-0.25, -0.2) is 8.78 Å². The predicted octanol–water partition coefficient (Wildman–Crippen LogP) is 4.04. The van der Waals surface area contributed by atoms with E-state index in [1.54, 1.807) is 13.0 Å². The van der Waals surface area contributed by atoms with E-state index in [0.717, 1.165) is 11.1 Å². The Morgan fingerprint density at radius 2 is 1.80 bits per heavy atom. The first-order valence-corrected chi connectivity index (χ1v) is 6.56. The van der Waals surface area contributed by atoms with Crippen molar-refractivity contribution in [2.75, 3.05) is 11.9 Å². The Labute approximate surface area is 121 Å². The van der Waals surface area contributed by atoms with Crippen LogP contribution in [0.3, 0.4) is 0 Å². The number of hydrogen-bond donors (Lipinski definition) is 2. The van der Waals surface area contributed by atoms with E-state index in [0.29, 0.717) is 10.7 Å². The van der Waals surface area contributed by atoms with E-state index in [1.807, 2.05) is 0 Å². The first-order chi connectivity index (χ1) is 9.51. The van der Waals surface area contributed by atoms with Gasteiger partial charge in [0.15, 0.2) is 0 Å². The maximum atomic E-state index is 13.3. The molecule has 0 saturated carbocycles. The second kappa shape index (κ2) is 6.20. The molecule has 2 aromatic carbocycles. The highest BCUT2D eigenvalue weighted by atomic mass is 35.5. The number of rotatable bonds is 4. The molecule has 20 heavy (non-hydrogen) atoms. The highest BCUT2D eigenvalue weighted by Gasteiger charge is 2.14. The summed E-state index contributed by atoms with van der Waals surface area (Å²) in [5.41, 5.74) is 7.85. The van der Waals surface area contributed by atoms with Crippen molar-refractivity contribution in [3.05, 3.63) is 64.2 Å². The van der Waals surface area contributed by atoms with E-state index in [9.17, 15) is 8.78 Å². The van der Waals surface area contributed by atoms with Crippen molar-refractivity contribution in [1.82, 2.24) is 0 Å². The van der Waals surface area contributed by atoms with E-state index in [-0.39, 0.29) is 24.2 Å². The Morgan fingerprint density at radius 3 is 2.45 bits per heavy atom. The van der Waals surface area contributed by atoms with Gasteiger partial charge in [0.05, 0.1) is 16.8 Å². The molecule has 0 heterocycles. The Morgan fingerprint density at radius 1 is 1.15 bits per heavy atom. The van der Waals surface area contributed by atoms with Gasteiger partial charge in [-0.05, 0) is 48.4 Å². The summed E-state index contributed by atoms with van der Waals surface area (Å²) in [6.45, 7) is 2.08. The summed E-state index contributed by atoms with van der Waals surface area (Å²) in [7, 11) is 0. The Balaban J connectivity index is 2.31. The minimum absolute atomic E-state index is 0.269. The third kappa shape index (κ3) is 3.26. The summed E-state index contributed by atoms with van der Waals surface area (Å²) in [6.07, 6.45) is 0. The highest BCUT2D eigenvalue weighted by molar-refractivity contribution is 6.33. The van der Waals surface area contributed by atoms with Gasteiger partial charge in [0.1, 0.15) is 11.6 Å². The summed E-state index contributed by atoms with van der Waals surface area (Å²) in [5.74, 6) is -0.686. The maximum Gasteiger partial charge on any atom is 0.125 e. The van der Waals surface area contributed by atoms with E-state index in [1.165, 1.54) is 30.3 Å². The minimum atomic E-state index is -0.386. The monoisotopic (exact) mass is 296 g/mol. The van der Waals surface area contributed by atoms with Crippen molar-refractivity contribution in [2.45, 2.75) is 13.0 Å². The fraction of sp³-hybridized carbons (Fsp3) is 0.200. The topological polar surface area (TPSA) is 38.0 Å². The lowest BCUT2D eigenvalue weighted by Crippen LogP contribution is -2.21. The average Bonchev–Trinajstić information content (AvgIpc) is 2.40. The number of aryl methyl sites for hydroxylation is 1. The molecule has 0 aliphatic rings. The van der Waals surface area contributed by atoms with Gasteiger partial charge in [0, 0.05) is 6.54 Å². The summed E-state index contributed by atoms with van der Waals surface area (Å²) >= 11 is 6.02. The molecule has 0 amide bonds. The molecule has 1 atom stereocenters. The second-order valence-corrected chi connectivity index (χ2v) is 4.96. The van der Waals surface area contributed by atoms with E-state index >= 15 is 0 Å². The van der Waals surface area contributed by atoms with Crippen molar-refractivity contribution in [1.29, 1.82) is 0 Å². The van der Waals surface area contributed by atoms with Crippen LogP contribution in [0.2, 0.25) is 5.02 Å². The molecule has 0 aromatic heterocycles. The van der Waals surface area contributed by atoms with Crippen LogP contribution in [0.15, 0.2) is 36.4 Å². The van der Waals surface area contributed by atoms with Gasteiger partial charge in [-0.1, -0.05) is 17.7 Å². The molecule has 0 radical (unpaired) electrons. The van der Waals surface area contributed by atoms with Crippen LogP contribution < -0.4 is 11.1 Å². The fourth-order valence-corrected chi connectivity index (χ4v) is 2.26. The number of hydrogen-bond acceptors (Lipinski definition) is 2. The standard InChI is InChI=1S/C15H15ClF2N2/c1-9-6-10(17)2-4-12(9)15(8-19)20-14-7-11(18)3-5-13(14)16/h2-7,15,20H,8,19H2,1H3. The normalized spacial score (nSPS) is 12.2. The van der Waals surface area contributed by atoms with Crippen LogP contribution in [0.4, 0.5) is 14.5 Å². The van der Waals surface area contributed by atoms with Crippen LogP contribution in [-0.2, 0) is 0 Å². The smallest absolute Gasteiger partial charge is 0.125 e. The number of anilines is 1. The van der Waals surface area contributed by atoms with Crippen molar-refractivity contribution in [2.24, 2.45) is 5.73 Å². The van der Waals surface area contributed by atoms with Crippen molar-refractivity contribution in [3.63, 3.8) is 0 Å². The molecule has 0 aliphatic heterocycles. The van der Waals surface area contributed by atoms with Crippen LogP contribution in [-0.4, -0.2) is 6.54 Å². The Hall–Kier alpha value is -1.65. The molecule has 3 N–H and O–H groups in total. The van der Waals surface area contributed by atoms with Gasteiger partial charge < -0.3 is 11.1 Å². The van der Waals surface area contributed by atoms with E-state index in [4.69, 9.17) is 17.3 Å². The Kier molecular flexibility index (Phi) is 4.57. The van der Waals surface area contributed by atoms with Gasteiger partial charge in [0.2, 0.25) is 0 Å². The molecule has 0 spiro atoms. The molecule has 0 saturated heterocycles.